The molecule has 1 aromatic carbocycles. The van der Waals surface area contributed by atoms with Crippen LogP contribution in [0.2, 0.25) is 5.02 Å². The van der Waals surface area contributed by atoms with Gasteiger partial charge in [-0.3, -0.25) is 4.79 Å². The summed E-state index contributed by atoms with van der Waals surface area (Å²) in [5.41, 5.74) is -4.31. The Morgan fingerprint density at radius 2 is 1.90 bits per heavy atom. The molecule has 2 aromatic heterocycles. The first-order valence-corrected chi connectivity index (χ1v) is 15.0. The number of nitrogens with zero attached hydrogens (tertiary/aromatic N) is 6. The van der Waals surface area contributed by atoms with Crippen molar-refractivity contribution in [2.24, 2.45) is 0 Å². The monoisotopic (exact) mass is 695 g/mol. The van der Waals surface area contributed by atoms with Crippen LogP contribution in [0.3, 0.4) is 0 Å². The van der Waals surface area contributed by atoms with Crippen molar-refractivity contribution in [1.29, 1.82) is 0 Å². The van der Waals surface area contributed by atoms with E-state index in [9.17, 15) is 27.9 Å². The summed E-state index contributed by atoms with van der Waals surface area (Å²) in [5, 5.41) is 18.0. The summed E-state index contributed by atoms with van der Waals surface area (Å²) in [6, 6.07) is 3.76. The van der Waals surface area contributed by atoms with E-state index in [-0.39, 0.29) is 44.4 Å². The molecular formula is C25H30BrClF3N7O4S. The molecule has 1 aliphatic rings. The van der Waals surface area contributed by atoms with E-state index in [0.717, 1.165) is 10.6 Å². The molecule has 2 N–H and O–H groups in total. The molecule has 1 unspecified atom stereocenters. The molecule has 0 aliphatic carbocycles. The number of anilines is 2. The van der Waals surface area contributed by atoms with Crippen LogP contribution in [0.15, 0.2) is 32.6 Å². The number of carbonyl (C=O) groups is 1. The van der Waals surface area contributed by atoms with E-state index < -0.39 is 29.0 Å². The Morgan fingerprint density at radius 1 is 1.24 bits per heavy atom. The lowest BCUT2D eigenvalue weighted by Crippen LogP contribution is -2.51. The Labute approximate surface area is 257 Å². The normalized spacial score (nSPS) is 15.3. The number of aliphatic hydroxyl groups is 1. The second-order valence-electron chi connectivity index (χ2n) is 10.5. The van der Waals surface area contributed by atoms with Crippen LogP contribution in [0.25, 0.3) is 5.78 Å². The number of alkyl halides is 3. The third-order valence-electron chi connectivity index (χ3n) is 6.23. The van der Waals surface area contributed by atoms with Gasteiger partial charge in [0.05, 0.1) is 17.3 Å². The van der Waals surface area contributed by atoms with Crippen LogP contribution in [0.4, 0.5) is 29.3 Å². The molecule has 3 aromatic rings. The Morgan fingerprint density at radius 3 is 2.48 bits per heavy atom. The molecule has 11 nitrogen and oxygen atoms in total. The van der Waals surface area contributed by atoms with Crippen molar-refractivity contribution < 1.29 is 27.8 Å². The minimum atomic E-state index is -4.46. The van der Waals surface area contributed by atoms with E-state index in [0.29, 0.717) is 44.0 Å². The van der Waals surface area contributed by atoms with Gasteiger partial charge in [0, 0.05) is 36.8 Å². The second kappa shape index (κ2) is 12.5. The number of piperazine rings is 1. The van der Waals surface area contributed by atoms with Crippen LogP contribution in [0.5, 0.6) is 0 Å². The molecule has 1 aliphatic heterocycles. The molecule has 4 rings (SSSR count). The van der Waals surface area contributed by atoms with E-state index in [4.69, 9.17) is 16.3 Å². The zero-order valence-corrected chi connectivity index (χ0v) is 26.4. The van der Waals surface area contributed by atoms with E-state index >= 15 is 0 Å². The molecule has 3 heterocycles. The number of rotatable bonds is 7. The van der Waals surface area contributed by atoms with E-state index in [1.54, 1.807) is 30.2 Å². The molecule has 230 valence electrons. The van der Waals surface area contributed by atoms with Gasteiger partial charge in [0.1, 0.15) is 17.5 Å². The van der Waals surface area contributed by atoms with Crippen molar-refractivity contribution in [2.75, 3.05) is 36.4 Å². The summed E-state index contributed by atoms with van der Waals surface area (Å²) in [7, 11) is 0. The number of nitrogens with one attached hydrogen (secondary N) is 1. The van der Waals surface area contributed by atoms with Crippen LogP contribution >= 0.6 is 39.3 Å². The van der Waals surface area contributed by atoms with Gasteiger partial charge in [0.25, 0.3) is 5.56 Å². The molecule has 0 bridgehead atoms. The van der Waals surface area contributed by atoms with Gasteiger partial charge < -0.3 is 29.5 Å². The van der Waals surface area contributed by atoms with E-state index in [2.05, 4.69) is 31.3 Å². The number of amides is 1. The van der Waals surface area contributed by atoms with Crippen molar-refractivity contribution in [3.63, 3.8) is 0 Å². The molecular weight excluding hydrogens is 667 g/mol. The predicted octanol–water partition coefficient (Wildman–Crippen LogP) is 4.97. The molecule has 0 saturated carbocycles. The van der Waals surface area contributed by atoms with E-state index in [1.165, 1.54) is 12.1 Å². The zero-order valence-electron chi connectivity index (χ0n) is 23.2. The van der Waals surface area contributed by atoms with Gasteiger partial charge in [-0.2, -0.15) is 22.7 Å². The second-order valence-corrected chi connectivity index (χ2v) is 12.7. The van der Waals surface area contributed by atoms with Crippen LogP contribution in [0.1, 0.15) is 33.4 Å². The molecule has 1 fully saturated rings. The molecule has 1 atom stereocenters. The first-order valence-electron chi connectivity index (χ1n) is 13.0. The topological polar surface area (TPSA) is 117 Å². The number of halogens is 5. The number of benzene rings is 1. The predicted molar refractivity (Wildman–Crippen MR) is 157 cm³/mol. The summed E-state index contributed by atoms with van der Waals surface area (Å²) >= 11 is 9.13. The van der Waals surface area contributed by atoms with Gasteiger partial charge in [-0.1, -0.05) is 18.5 Å². The Balaban J connectivity index is 1.61. The lowest BCUT2D eigenvalue weighted by Gasteiger charge is -2.37. The maximum Gasteiger partial charge on any atom is 0.446 e. The SMILES string of the molecule is CCc1c(N2CCN(C(=O)OC(C)(C)C)CC2)c(=O)n2nc(Br)nc2n1CC(O)Nc1ccc(SC(F)(F)F)cc1Cl. The third-order valence-corrected chi connectivity index (χ3v) is 7.60. The first-order chi connectivity index (χ1) is 19.6. The Hall–Kier alpha value is -2.69. The van der Waals surface area contributed by atoms with Crippen molar-refractivity contribution in [3.8, 4) is 0 Å². The van der Waals surface area contributed by atoms with Gasteiger partial charge in [-0.25, -0.2) is 4.79 Å². The average Bonchev–Trinajstić information content (AvgIpc) is 3.27. The quantitative estimate of drug-likeness (QED) is 0.261. The van der Waals surface area contributed by atoms with Gasteiger partial charge in [-0.15, -0.1) is 5.10 Å². The highest BCUT2D eigenvalue weighted by molar-refractivity contribution is 9.10. The van der Waals surface area contributed by atoms with Gasteiger partial charge in [0.2, 0.25) is 10.5 Å². The lowest BCUT2D eigenvalue weighted by atomic mass is 10.2. The molecule has 42 heavy (non-hydrogen) atoms. The Kier molecular flexibility index (Phi) is 9.59. The minimum absolute atomic E-state index is 0.00200. The van der Waals surface area contributed by atoms with Crippen LogP contribution < -0.4 is 15.8 Å². The molecule has 1 saturated heterocycles. The summed E-state index contributed by atoms with van der Waals surface area (Å²) in [4.78, 5) is 33.9. The summed E-state index contributed by atoms with van der Waals surface area (Å²) in [6.07, 6.45) is -1.30. The molecule has 0 radical (unpaired) electrons. The fourth-order valence-corrected chi connectivity index (χ4v) is 5.77. The smallest absolute Gasteiger partial charge is 0.444 e. The van der Waals surface area contributed by atoms with Crippen LogP contribution in [0, 0.1) is 0 Å². The van der Waals surface area contributed by atoms with Gasteiger partial charge in [0.15, 0.2) is 0 Å². The number of fused-ring (bicyclic) bond motifs is 1. The summed E-state index contributed by atoms with van der Waals surface area (Å²) in [5.74, 6) is 0.184. The highest BCUT2D eigenvalue weighted by Crippen LogP contribution is 2.39. The fraction of sp³-hybridized carbons (Fsp3) is 0.520. The van der Waals surface area contributed by atoms with Gasteiger partial charge >= 0.3 is 11.6 Å². The standard InChI is InChI=1S/C25H30BrClF3N7O4S/c1-5-17-19(34-8-10-35(11-9-34)23(40)41-24(2,3)4)20(39)37-22(32-21(26)33-37)36(17)13-18(38)31-16-7-6-14(12-15(16)27)42-25(28,29)30/h6-7,12,18,31,38H,5,8-11,13H2,1-4H3. The summed E-state index contributed by atoms with van der Waals surface area (Å²) < 4.78 is 46.6. The number of aromatic nitrogens is 4. The number of thioether (sulfide) groups is 1. The van der Waals surface area contributed by atoms with Crippen LogP contribution in [-0.2, 0) is 17.7 Å². The number of ether oxygens (including phenoxy) is 1. The largest absolute Gasteiger partial charge is 0.446 e. The third kappa shape index (κ3) is 7.63. The highest BCUT2D eigenvalue weighted by atomic mass is 79.9. The lowest BCUT2D eigenvalue weighted by molar-refractivity contribution is -0.0328. The van der Waals surface area contributed by atoms with Crippen molar-refractivity contribution in [1.82, 2.24) is 24.1 Å². The molecule has 1 amide bonds. The highest BCUT2D eigenvalue weighted by Gasteiger charge is 2.31. The van der Waals surface area contributed by atoms with Crippen molar-refractivity contribution in [2.45, 2.75) is 62.9 Å². The average molecular weight is 697 g/mol. The number of aliphatic hydroxyl groups excluding tert-OH is 1. The maximum atomic E-state index is 13.6. The van der Waals surface area contributed by atoms with Crippen molar-refractivity contribution >= 4 is 62.5 Å². The first kappa shape index (κ1) is 32.2. The number of carbonyl (C=O) groups excluding carboxylic acids is 1. The van der Waals surface area contributed by atoms with Gasteiger partial charge in [-0.05, 0) is 73.1 Å². The maximum absolute atomic E-state index is 13.6. The fourth-order valence-electron chi connectivity index (χ4n) is 4.58. The molecule has 0 spiro atoms. The number of hydrogen-bond donors (Lipinski definition) is 2. The minimum Gasteiger partial charge on any atom is -0.444 e. The zero-order chi connectivity index (χ0) is 31.0. The molecule has 17 heteroatoms. The van der Waals surface area contributed by atoms with Crippen molar-refractivity contribution in [3.05, 3.63) is 44.0 Å². The Bertz CT molecular complexity index is 1520. The summed E-state index contributed by atoms with van der Waals surface area (Å²) in [6.45, 7) is 8.54. The number of hydrogen-bond acceptors (Lipinski definition) is 9. The van der Waals surface area contributed by atoms with E-state index in [1.807, 2.05) is 11.8 Å². The van der Waals surface area contributed by atoms with Crippen LogP contribution in [-0.4, -0.2) is 78.8 Å².